The summed E-state index contributed by atoms with van der Waals surface area (Å²) in [4.78, 5) is 11.7. The van der Waals surface area contributed by atoms with Crippen molar-refractivity contribution in [3.63, 3.8) is 0 Å². The number of benzene rings is 1. The summed E-state index contributed by atoms with van der Waals surface area (Å²) in [5.41, 5.74) is 0.866. The number of halogens is 1. The van der Waals surface area contributed by atoms with Crippen LogP contribution in [0.4, 0.5) is 0 Å². The van der Waals surface area contributed by atoms with Crippen LogP contribution < -0.4 is 0 Å². The van der Waals surface area contributed by atoms with Gasteiger partial charge in [0.05, 0.1) is 17.1 Å². The fourth-order valence-electron chi connectivity index (χ4n) is 1.29. The Morgan fingerprint density at radius 1 is 1.39 bits per heavy atom. The van der Waals surface area contributed by atoms with E-state index in [9.17, 15) is 13.2 Å². The van der Waals surface area contributed by atoms with E-state index >= 15 is 0 Å². The molecule has 6 heteroatoms. The van der Waals surface area contributed by atoms with Gasteiger partial charge in [0.1, 0.15) is 0 Å². The molecule has 1 aromatic rings. The number of carbonyl (C=O) groups excluding carboxylic acids is 1. The maximum absolute atomic E-state index is 11.8. The molecular formula is C12H15ClO4S. The molecular weight excluding hydrogens is 276 g/mol. The van der Waals surface area contributed by atoms with Gasteiger partial charge in [0.2, 0.25) is 0 Å². The lowest BCUT2D eigenvalue weighted by atomic mass is 10.1. The van der Waals surface area contributed by atoms with E-state index in [0.29, 0.717) is 5.56 Å². The topological polar surface area (TPSA) is 60.4 Å². The second-order valence-electron chi connectivity index (χ2n) is 4.41. The lowest BCUT2D eigenvalue weighted by molar-refractivity contribution is 0.0458. The first-order valence-electron chi connectivity index (χ1n) is 5.44. The van der Waals surface area contributed by atoms with Crippen LogP contribution >= 0.6 is 10.7 Å². The Hall–Kier alpha value is -1.07. The van der Waals surface area contributed by atoms with E-state index in [-0.39, 0.29) is 23.0 Å². The summed E-state index contributed by atoms with van der Waals surface area (Å²) in [5.74, 6) is -0.322. The molecule has 0 radical (unpaired) electrons. The molecule has 100 valence electrons. The molecule has 0 aliphatic rings. The number of hydrogen-bond acceptors (Lipinski definition) is 4. The van der Waals surface area contributed by atoms with Gasteiger partial charge in [-0.05, 0) is 30.5 Å². The maximum atomic E-state index is 11.8. The van der Waals surface area contributed by atoms with E-state index in [1.54, 1.807) is 6.92 Å². The summed E-state index contributed by atoms with van der Waals surface area (Å²) in [6.45, 7) is 5.83. The van der Waals surface area contributed by atoms with Crippen molar-refractivity contribution in [2.24, 2.45) is 5.92 Å². The van der Waals surface area contributed by atoms with Crippen LogP contribution in [0.25, 0.3) is 0 Å². The number of ether oxygens (including phenoxy) is 1. The minimum Gasteiger partial charge on any atom is -0.462 e. The van der Waals surface area contributed by atoms with Crippen LogP contribution in [0.1, 0.15) is 29.8 Å². The Bertz CT molecular complexity index is 549. The number of carbonyl (C=O) groups is 1. The first-order valence-corrected chi connectivity index (χ1v) is 7.75. The highest BCUT2D eigenvalue weighted by Gasteiger charge is 2.17. The third-order valence-electron chi connectivity index (χ3n) is 2.26. The molecule has 4 nitrogen and oxygen atoms in total. The second-order valence-corrected chi connectivity index (χ2v) is 6.97. The zero-order chi connectivity index (χ0) is 13.9. The lowest BCUT2D eigenvalue weighted by Crippen LogP contribution is -2.12. The largest absolute Gasteiger partial charge is 0.462 e. The van der Waals surface area contributed by atoms with Gasteiger partial charge >= 0.3 is 5.97 Å². The first kappa shape index (κ1) is 15.0. The number of rotatable bonds is 4. The van der Waals surface area contributed by atoms with Gasteiger partial charge in [-0.3, -0.25) is 0 Å². The minimum absolute atomic E-state index is 0.105. The second kappa shape index (κ2) is 5.71. The van der Waals surface area contributed by atoms with Crippen LogP contribution in [0, 0.1) is 12.8 Å². The van der Waals surface area contributed by atoms with Crippen molar-refractivity contribution in [2.45, 2.75) is 25.7 Å². The molecule has 0 heterocycles. The predicted molar refractivity (Wildman–Crippen MR) is 69.3 cm³/mol. The van der Waals surface area contributed by atoms with Crippen LogP contribution in [0.15, 0.2) is 23.1 Å². The Morgan fingerprint density at radius 2 is 2.00 bits per heavy atom. The molecule has 0 aromatic heterocycles. The molecule has 0 spiro atoms. The van der Waals surface area contributed by atoms with E-state index in [2.05, 4.69) is 0 Å². The van der Waals surface area contributed by atoms with E-state index in [4.69, 9.17) is 15.4 Å². The van der Waals surface area contributed by atoms with Gasteiger partial charge < -0.3 is 4.74 Å². The molecule has 0 aliphatic heterocycles. The third-order valence-corrected chi connectivity index (χ3v) is 3.61. The van der Waals surface area contributed by atoms with Gasteiger partial charge in [-0.15, -0.1) is 0 Å². The van der Waals surface area contributed by atoms with Crippen LogP contribution in [0.3, 0.4) is 0 Å². The maximum Gasteiger partial charge on any atom is 0.338 e. The van der Waals surface area contributed by atoms with Crippen molar-refractivity contribution in [3.8, 4) is 0 Å². The minimum atomic E-state index is -3.84. The monoisotopic (exact) mass is 290 g/mol. The molecule has 0 atom stereocenters. The number of hydrogen-bond donors (Lipinski definition) is 0. The summed E-state index contributed by atoms with van der Waals surface area (Å²) >= 11 is 0. The summed E-state index contributed by atoms with van der Waals surface area (Å²) in [6, 6.07) is 4.12. The third kappa shape index (κ3) is 3.99. The molecule has 0 unspecified atom stereocenters. The average molecular weight is 291 g/mol. The molecule has 0 fully saturated rings. The molecule has 1 rings (SSSR count). The van der Waals surface area contributed by atoms with Gasteiger partial charge in [-0.1, -0.05) is 19.9 Å². The molecule has 0 saturated heterocycles. The Labute approximate surface area is 111 Å². The standard InChI is InChI=1S/C12H15ClO4S/c1-8(2)7-17-12(14)11-6-10(18(13,15)16)5-4-9(11)3/h4-6,8H,7H2,1-3H3. The molecule has 0 aliphatic carbocycles. The fraction of sp³-hybridized carbons (Fsp3) is 0.417. The van der Waals surface area contributed by atoms with E-state index in [1.807, 2.05) is 13.8 Å². The normalized spacial score (nSPS) is 11.6. The molecule has 0 bridgehead atoms. The summed E-state index contributed by atoms with van der Waals surface area (Å²) in [5, 5.41) is 0. The molecule has 18 heavy (non-hydrogen) atoms. The van der Waals surface area contributed by atoms with E-state index in [1.165, 1.54) is 18.2 Å². The van der Waals surface area contributed by atoms with Gasteiger partial charge in [0.15, 0.2) is 0 Å². The molecule has 0 saturated carbocycles. The summed E-state index contributed by atoms with van der Waals surface area (Å²) in [6.07, 6.45) is 0. The SMILES string of the molecule is Cc1ccc(S(=O)(=O)Cl)cc1C(=O)OCC(C)C. The zero-order valence-corrected chi connectivity index (χ0v) is 12.0. The smallest absolute Gasteiger partial charge is 0.338 e. The van der Waals surface area contributed by atoms with Crippen molar-refractivity contribution in [2.75, 3.05) is 6.61 Å². The Morgan fingerprint density at radius 3 is 2.50 bits per heavy atom. The zero-order valence-electron chi connectivity index (χ0n) is 10.4. The van der Waals surface area contributed by atoms with Gasteiger partial charge in [-0.25, -0.2) is 13.2 Å². The van der Waals surface area contributed by atoms with E-state index in [0.717, 1.165) is 0 Å². The molecule has 1 aromatic carbocycles. The van der Waals surface area contributed by atoms with Crippen LogP contribution in [-0.2, 0) is 13.8 Å². The van der Waals surface area contributed by atoms with Gasteiger partial charge in [0, 0.05) is 10.7 Å². The van der Waals surface area contributed by atoms with Crippen LogP contribution in [0.2, 0.25) is 0 Å². The average Bonchev–Trinajstić information content (AvgIpc) is 2.24. The number of esters is 1. The Kier molecular flexibility index (Phi) is 4.76. The quantitative estimate of drug-likeness (QED) is 0.632. The van der Waals surface area contributed by atoms with Crippen molar-refractivity contribution < 1.29 is 17.9 Å². The van der Waals surface area contributed by atoms with Crippen molar-refractivity contribution >= 4 is 25.7 Å². The first-order chi connectivity index (χ1) is 8.21. The van der Waals surface area contributed by atoms with Crippen molar-refractivity contribution in [1.29, 1.82) is 0 Å². The molecule has 0 amide bonds. The highest BCUT2D eigenvalue weighted by atomic mass is 35.7. The Balaban J connectivity index is 3.05. The fourth-order valence-corrected chi connectivity index (χ4v) is 2.07. The van der Waals surface area contributed by atoms with Gasteiger partial charge in [-0.2, -0.15) is 0 Å². The highest BCUT2D eigenvalue weighted by Crippen LogP contribution is 2.19. The summed E-state index contributed by atoms with van der Waals surface area (Å²) < 4.78 is 27.5. The number of aryl methyl sites for hydroxylation is 1. The van der Waals surface area contributed by atoms with Crippen molar-refractivity contribution in [1.82, 2.24) is 0 Å². The van der Waals surface area contributed by atoms with E-state index < -0.39 is 15.0 Å². The van der Waals surface area contributed by atoms with Crippen LogP contribution in [-0.4, -0.2) is 21.0 Å². The summed E-state index contributed by atoms with van der Waals surface area (Å²) in [7, 11) is 1.39. The van der Waals surface area contributed by atoms with Crippen LogP contribution in [0.5, 0.6) is 0 Å². The highest BCUT2D eigenvalue weighted by molar-refractivity contribution is 8.13. The molecule has 0 N–H and O–H groups in total. The lowest BCUT2D eigenvalue weighted by Gasteiger charge is -2.09. The van der Waals surface area contributed by atoms with Crippen molar-refractivity contribution in [3.05, 3.63) is 29.3 Å². The predicted octanol–water partition coefficient (Wildman–Crippen LogP) is 2.74. The van der Waals surface area contributed by atoms with Gasteiger partial charge in [0.25, 0.3) is 9.05 Å².